The normalized spacial score (nSPS) is 14.5. The molecule has 0 saturated carbocycles. The van der Waals surface area contributed by atoms with Crippen molar-refractivity contribution in [2.45, 2.75) is 12.8 Å². The number of rotatable bonds is 11. The van der Waals surface area contributed by atoms with E-state index in [1.54, 1.807) is 28.4 Å². The van der Waals surface area contributed by atoms with Gasteiger partial charge in [-0.1, -0.05) is 12.1 Å². The zero-order valence-electron chi connectivity index (χ0n) is 17.6. The smallest absolute Gasteiger partial charge is 0.231 e. The van der Waals surface area contributed by atoms with Crippen LogP contribution in [-0.2, 0) is 22.3 Å². The molecule has 0 N–H and O–H groups in total. The van der Waals surface area contributed by atoms with Crippen molar-refractivity contribution in [2.24, 2.45) is 11.8 Å². The number of fused-ring (bicyclic) bond motifs is 1. The van der Waals surface area contributed by atoms with Crippen molar-refractivity contribution in [3.8, 4) is 23.0 Å². The Kier molecular flexibility index (Phi) is 7.61. The summed E-state index contributed by atoms with van der Waals surface area (Å²) in [4.78, 5) is 0. The largest absolute Gasteiger partial charge is 0.493 e. The number of ether oxygens (including phenoxy) is 6. The lowest BCUT2D eigenvalue weighted by atomic mass is 9.83. The summed E-state index contributed by atoms with van der Waals surface area (Å²) in [6.45, 7) is 1.58. The highest BCUT2D eigenvalue weighted by atomic mass is 16.7. The molecule has 2 atom stereocenters. The molecule has 0 bridgehead atoms. The van der Waals surface area contributed by atoms with Crippen LogP contribution in [0.2, 0.25) is 0 Å². The molecule has 0 aliphatic carbocycles. The molecule has 0 saturated heterocycles. The monoisotopic (exact) mass is 402 g/mol. The van der Waals surface area contributed by atoms with Gasteiger partial charge in [-0.05, 0) is 60.1 Å². The van der Waals surface area contributed by atoms with Gasteiger partial charge in [0.2, 0.25) is 6.79 Å². The fourth-order valence-corrected chi connectivity index (χ4v) is 3.83. The maximum absolute atomic E-state index is 5.56. The summed E-state index contributed by atoms with van der Waals surface area (Å²) >= 11 is 0. The lowest BCUT2D eigenvalue weighted by Crippen LogP contribution is -2.27. The van der Waals surface area contributed by atoms with Gasteiger partial charge in [-0.15, -0.1) is 0 Å². The van der Waals surface area contributed by atoms with Crippen LogP contribution in [0.3, 0.4) is 0 Å². The highest BCUT2D eigenvalue weighted by Crippen LogP contribution is 2.34. The average Bonchev–Trinajstić information content (AvgIpc) is 3.21. The topological polar surface area (TPSA) is 55.4 Å². The van der Waals surface area contributed by atoms with Gasteiger partial charge in [-0.25, -0.2) is 0 Å². The molecule has 0 unspecified atom stereocenters. The molecular formula is C23H30O6. The number of hydrogen-bond acceptors (Lipinski definition) is 6. The maximum Gasteiger partial charge on any atom is 0.231 e. The maximum atomic E-state index is 5.56. The van der Waals surface area contributed by atoms with Gasteiger partial charge in [-0.2, -0.15) is 0 Å². The van der Waals surface area contributed by atoms with Gasteiger partial charge in [0, 0.05) is 27.4 Å². The van der Waals surface area contributed by atoms with Crippen LogP contribution in [-0.4, -0.2) is 48.4 Å². The summed E-state index contributed by atoms with van der Waals surface area (Å²) in [5.74, 6) is 3.64. The second-order valence-electron chi connectivity index (χ2n) is 7.22. The first-order valence-electron chi connectivity index (χ1n) is 9.75. The number of benzene rings is 2. The highest BCUT2D eigenvalue weighted by Gasteiger charge is 2.24. The van der Waals surface area contributed by atoms with E-state index in [0.717, 1.165) is 35.8 Å². The molecule has 2 aromatic rings. The van der Waals surface area contributed by atoms with Gasteiger partial charge in [0.1, 0.15) is 0 Å². The Bertz CT molecular complexity index is 791. The molecule has 2 aromatic carbocycles. The summed E-state index contributed by atoms with van der Waals surface area (Å²) in [6.07, 6.45) is 1.72. The molecule has 158 valence electrons. The molecule has 0 aromatic heterocycles. The Hall–Kier alpha value is -2.44. The Balaban J connectivity index is 1.78. The van der Waals surface area contributed by atoms with Crippen molar-refractivity contribution >= 4 is 0 Å². The third kappa shape index (κ3) is 5.34. The molecule has 6 nitrogen and oxygen atoms in total. The van der Waals surface area contributed by atoms with Crippen LogP contribution in [0.4, 0.5) is 0 Å². The Morgan fingerprint density at radius 2 is 1.31 bits per heavy atom. The van der Waals surface area contributed by atoms with Crippen molar-refractivity contribution in [3.63, 3.8) is 0 Å². The highest BCUT2D eigenvalue weighted by molar-refractivity contribution is 5.45. The Morgan fingerprint density at radius 1 is 0.724 bits per heavy atom. The standard InChI is InChI=1S/C23H30O6/c1-24-13-18(9-16-5-7-20(26-3)22(11-16)27-4)19(14-25-2)10-17-6-8-21-23(12-17)29-15-28-21/h5-8,11-12,18-19H,9-10,13-15H2,1-4H3/t18-,19+/m0/s1. The first-order chi connectivity index (χ1) is 14.2. The van der Waals surface area contributed by atoms with Gasteiger partial charge < -0.3 is 28.4 Å². The molecule has 29 heavy (non-hydrogen) atoms. The van der Waals surface area contributed by atoms with Crippen LogP contribution >= 0.6 is 0 Å². The van der Waals surface area contributed by atoms with Crippen molar-refractivity contribution < 1.29 is 28.4 Å². The molecule has 6 heteroatoms. The van der Waals surface area contributed by atoms with E-state index in [1.165, 1.54) is 11.1 Å². The minimum absolute atomic E-state index is 0.281. The molecule has 1 aliphatic heterocycles. The molecule has 0 spiro atoms. The molecular weight excluding hydrogens is 372 g/mol. The first kappa shape index (κ1) is 21.3. The predicted octanol–water partition coefficient (Wildman–Crippen LogP) is 3.74. The minimum atomic E-state index is 0.281. The summed E-state index contributed by atoms with van der Waals surface area (Å²) in [5.41, 5.74) is 2.38. The zero-order chi connectivity index (χ0) is 20.6. The van der Waals surface area contributed by atoms with Crippen LogP contribution in [0, 0.1) is 11.8 Å². The van der Waals surface area contributed by atoms with Crippen LogP contribution in [0.25, 0.3) is 0 Å². The van der Waals surface area contributed by atoms with E-state index in [-0.39, 0.29) is 18.6 Å². The van der Waals surface area contributed by atoms with E-state index >= 15 is 0 Å². The fraction of sp³-hybridized carbons (Fsp3) is 0.478. The predicted molar refractivity (Wildman–Crippen MR) is 110 cm³/mol. The van der Waals surface area contributed by atoms with Gasteiger partial charge >= 0.3 is 0 Å². The molecule has 0 radical (unpaired) electrons. The first-order valence-corrected chi connectivity index (χ1v) is 9.75. The van der Waals surface area contributed by atoms with Gasteiger partial charge in [0.05, 0.1) is 14.2 Å². The fourth-order valence-electron chi connectivity index (χ4n) is 3.83. The number of hydrogen-bond donors (Lipinski definition) is 0. The second kappa shape index (κ2) is 10.4. The van der Waals surface area contributed by atoms with Crippen molar-refractivity contribution in [1.29, 1.82) is 0 Å². The summed E-state index contributed by atoms with van der Waals surface area (Å²) in [5, 5.41) is 0. The average molecular weight is 402 g/mol. The van der Waals surface area contributed by atoms with Crippen LogP contribution in [0.1, 0.15) is 11.1 Å². The van der Waals surface area contributed by atoms with Crippen LogP contribution in [0.15, 0.2) is 36.4 Å². The van der Waals surface area contributed by atoms with Crippen molar-refractivity contribution in [3.05, 3.63) is 47.5 Å². The van der Waals surface area contributed by atoms with Crippen molar-refractivity contribution in [2.75, 3.05) is 48.4 Å². The van der Waals surface area contributed by atoms with Gasteiger partial charge in [0.15, 0.2) is 23.0 Å². The number of methoxy groups -OCH3 is 4. The van der Waals surface area contributed by atoms with Crippen LogP contribution < -0.4 is 18.9 Å². The lowest BCUT2D eigenvalue weighted by Gasteiger charge is -2.27. The van der Waals surface area contributed by atoms with E-state index in [2.05, 4.69) is 18.2 Å². The third-order valence-electron chi connectivity index (χ3n) is 5.31. The van der Waals surface area contributed by atoms with Crippen molar-refractivity contribution in [1.82, 2.24) is 0 Å². The summed E-state index contributed by atoms with van der Waals surface area (Å²) in [7, 11) is 6.78. The molecule has 3 rings (SSSR count). The quantitative estimate of drug-likeness (QED) is 0.571. The Morgan fingerprint density at radius 3 is 1.93 bits per heavy atom. The molecule has 0 fully saturated rings. The molecule has 1 aliphatic rings. The lowest BCUT2D eigenvalue weighted by molar-refractivity contribution is 0.0697. The van der Waals surface area contributed by atoms with Gasteiger partial charge in [-0.3, -0.25) is 0 Å². The third-order valence-corrected chi connectivity index (χ3v) is 5.31. The van der Waals surface area contributed by atoms with E-state index in [9.17, 15) is 0 Å². The van der Waals surface area contributed by atoms with Crippen LogP contribution in [0.5, 0.6) is 23.0 Å². The molecule has 1 heterocycles. The Labute approximate surface area is 172 Å². The summed E-state index contributed by atoms with van der Waals surface area (Å²) < 4.78 is 32.9. The van der Waals surface area contributed by atoms with E-state index in [1.807, 2.05) is 18.2 Å². The molecule has 0 amide bonds. The summed E-state index contributed by atoms with van der Waals surface area (Å²) in [6, 6.07) is 12.2. The zero-order valence-corrected chi connectivity index (χ0v) is 17.6. The van der Waals surface area contributed by atoms with E-state index in [4.69, 9.17) is 28.4 Å². The minimum Gasteiger partial charge on any atom is -0.493 e. The van der Waals surface area contributed by atoms with E-state index in [0.29, 0.717) is 13.2 Å². The van der Waals surface area contributed by atoms with Gasteiger partial charge in [0.25, 0.3) is 0 Å². The SMILES string of the molecule is COC[C@H](Cc1ccc(OC)c(OC)c1)[C@@H](COC)Cc1ccc2c(c1)OCO2. The van der Waals surface area contributed by atoms with E-state index < -0.39 is 0 Å². The second-order valence-corrected chi connectivity index (χ2v) is 7.22.